The number of rotatable bonds is 3. The molecule has 0 amide bonds. The highest BCUT2D eigenvalue weighted by Crippen LogP contribution is 2.09. The van der Waals surface area contributed by atoms with Gasteiger partial charge in [0.15, 0.2) is 11.6 Å². The van der Waals surface area contributed by atoms with Crippen LogP contribution in [0.5, 0.6) is 0 Å². The molecule has 1 aromatic heterocycles. The molecule has 1 unspecified atom stereocenters. The molecule has 1 aromatic rings. The Morgan fingerprint density at radius 2 is 2.25 bits per heavy atom. The Bertz CT molecular complexity index is 443. The molecule has 0 fully saturated rings. The second kappa shape index (κ2) is 4.16. The van der Waals surface area contributed by atoms with Crippen molar-refractivity contribution < 1.29 is 19.7 Å². The summed E-state index contributed by atoms with van der Waals surface area (Å²) in [6.45, 7) is 0.403. The van der Waals surface area contributed by atoms with Crippen molar-refractivity contribution in [2.24, 2.45) is 0 Å². The summed E-state index contributed by atoms with van der Waals surface area (Å²) in [6, 6.07) is 0. The van der Waals surface area contributed by atoms with Gasteiger partial charge in [0.1, 0.15) is 6.10 Å². The molecule has 7 nitrogen and oxygen atoms in total. The summed E-state index contributed by atoms with van der Waals surface area (Å²) in [5.41, 5.74) is 4.10. The lowest BCUT2D eigenvalue weighted by molar-refractivity contribution is -0.228. The zero-order chi connectivity index (χ0) is 12.5. The normalized spacial score (nSPS) is 13.8. The zero-order valence-corrected chi connectivity index (χ0v) is 8.46. The molecule has 0 radical (unpaired) electrons. The summed E-state index contributed by atoms with van der Waals surface area (Å²) < 4.78 is 13.6. The largest absolute Gasteiger partial charge is 0.388 e. The van der Waals surface area contributed by atoms with Crippen LogP contribution in [-0.4, -0.2) is 36.8 Å². The highest BCUT2D eigenvalue weighted by Gasteiger charge is 2.30. The van der Waals surface area contributed by atoms with Crippen LogP contribution in [0.3, 0.4) is 0 Å². The topological polar surface area (TPSA) is 122 Å². The van der Waals surface area contributed by atoms with Gasteiger partial charge in [-0.1, -0.05) is 0 Å². The lowest BCUT2D eigenvalue weighted by Crippen LogP contribution is -2.46. The van der Waals surface area contributed by atoms with E-state index in [4.69, 9.17) is 10.8 Å². The maximum absolute atomic E-state index is 13.0. The smallest absolute Gasteiger partial charge is 0.349 e. The number of halogens is 1. The predicted molar refractivity (Wildman–Crippen MR) is 51.7 cm³/mol. The van der Waals surface area contributed by atoms with E-state index in [1.165, 1.54) is 0 Å². The van der Waals surface area contributed by atoms with Gasteiger partial charge in [0.05, 0.1) is 6.54 Å². The van der Waals surface area contributed by atoms with E-state index in [1.807, 2.05) is 0 Å². The first-order chi connectivity index (χ1) is 7.24. The molecule has 16 heavy (non-hydrogen) atoms. The molecular weight excluding hydrogens is 221 g/mol. The number of nitrogens with two attached hydrogens (primary N) is 1. The fraction of sp³-hybridized carbons (Fsp3) is 0.500. The molecule has 90 valence electrons. The van der Waals surface area contributed by atoms with E-state index in [0.29, 0.717) is 10.8 Å². The molecule has 0 saturated heterocycles. The van der Waals surface area contributed by atoms with Gasteiger partial charge in [-0.2, -0.15) is 4.98 Å². The van der Waals surface area contributed by atoms with E-state index >= 15 is 0 Å². The molecular formula is C8H12FN3O4. The molecule has 0 aliphatic rings. The van der Waals surface area contributed by atoms with E-state index in [-0.39, 0.29) is 0 Å². The molecule has 5 N–H and O–H groups in total. The number of aliphatic hydroxyl groups is 3. The highest BCUT2D eigenvalue weighted by molar-refractivity contribution is 5.26. The first kappa shape index (κ1) is 12.6. The number of hydrogen-bond acceptors (Lipinski definition) is 6. The molecule has 1 rings (SSSR count). The van der Waals surface area contributed by atoms with E-state index in [0.717, 1.165) is 6.92 Å². The third kappa shape index (κ3) is 2.54. The van der Waals surface area contributed by atoms with Crippen molar-refractivity contribution in [3.63, 3.8) is 0 Å². The first-order valence-corrected chi connectivity index (χ1v) is 4.39. The average molecular weight is 233 g/mol. The minimum Gasteiger partial charge on any atom is -0.388 e. The summed E-state index contributed by atoms with van der Waals surface area (Å²) >= 11 is 0. The monoisotopic (exact) mass is 233 g/mol. The fourth-order valence-corrected chi connectivity index (χ4v) is 0.975. The maximum atomic E-state index is 13.0. The molecule has 0 aliphatic carbocycles. The van der Waals surface area contributed by atoms with Crippen LogP contribution in [-0.2, 0) is 6.54 Å². The van der Waals surface area contributed by atoms with E-state index in [9.17, 15) is 19.4 Å². The van der Waals surface area contributed by atoms with Gasteiger partial charge in [0.25, 0.3) is 0 Å². The van der Waals surface area contributed by atoms with Gasteiger partial charge in [0, 0.05) is 6.20 Å². The van der Waals surface area contributed by atoms with Crippen molar-refractivity contribution in [1.29, 1.82) is 0 Å². The Hall–Kier alpha value is -1.51. The van der Waals surface area contributed by atoms with Crippen LogP contribution in [0.25, 0.3) is 0 Å². The second-order valence-electron chi connectivity index (χ2n) is 3.44. The van der Waals surface area contributed by atoms with Crippen molar-refractivity contribution in [3.8, 4) is 0 Å². The van der Waals surface area contributed by atoms with E-state index < -0.39 is 35.8 Å². The van der Waals surface area contributed by atoms with Crippen LogP contribution in [0, 0.1) is 5.82 Å². The van der Waals surface area contributed by atoms with Crippen LogP contribution >= 0.6 is 0 Å². The van der Waals surface area contributed by atoms with Gasteiger partial charge >= 0.3 is 5.69 Å². The molecule has 0 bridgehead atoms. The number of aliphatic hydroxyl groups excluding tert-OH is 1. The Morgan fingerprint density at radius 1 is 1.69 bits per heavy atom. The number of aromatic nitrogens is 2. The van der Waals surface area contributed by atoms with Crippen LogP contribution in [0.15, 0.2) is 11.0 Å². The Morgan fingerprint density at radius 3 is 2.75 bits per heavy atom. The second-order valence-corrected chi connectivity index (χ2v) is 3.44. The van der Waals surface area contributed by atoms with Gasteiger partial charge in [-0.25, -0.2) is 9.18 Å². The summed E-state index contributed by atoms with van der Waals surface area (Å²) in [4.78, 5) is 14.3. The van der Waals surface area contributed by atoms with Gasteiger partial charge in [-0.05, 0) is 6.92 Å². The van der Waals surface area contributed by atoms with Gasteiger partial charge in [-0.3, -0.25) is 4.57 Å². The standard InChI is InChI=1S/C8H12FN3O4/c1-4(13)8(15,16)3-12-2-5(9)6(10)11-7(12)14/h2,4,13,15-16H,3H2,1H3,(H2,10,11,14). The Kier molecular flexibility index (Phi) is 3.27. The minimum absolute atomic E-state index is 0.570. The lowest BCUT2D eigenvalue weighted by Gasteiger charge is -2.25. The van der Waals surface area contributed by atoms with Crippen molar-refractivity contribution >= 4 is 5.82 Å². The van der Waals surface area contributed by atoms with Crippen molar-refractivity contribution in [2.45, 2.75) is 25.4 Å². The number of nitrogen functional groups attached to an aromatic ring is 1. The maximum Gasteiger partial charge on any atom is 0.349 e. The molecule has 1 heterocycles. The molecule has 8 heteroatoms. The van der Waals surface area contributed by atoms with Gasteiger partial charge in [-0.15, -0.1) is 0 Å². The molecule has 0 spiro atoms. The van der Waals surface area contributed by atoms with Crippen molar-refractivity contribution in [3.05, 3.63) is 22.5 Å². The molecule has 1 atom stereocenters. The number of nitrogens with zero attached hydrogens (tertiary/aromatic N) is 2. The van der Waals surface area contributed by atoms with Crippen molar-refractivity contribution in [2.75, 3.05) is 5.73 Å². The zero-order valence-electron chi connectivity index (χ0n) is 8.46. The molecule has 0 aliphatic heterocycles. The summed E-state index contributed by atoms with van der Waals surface area (Å²) in [5, 5.41) is 27.6. The van der Waals surface area contributed by atoms with Crippen LogP contribution in [0.2, 0.25) is 0 Å². The number of anilines is 1. The van der Waals surface area contributed by atoms with E-state index in [1.54, 1.807) is 0 Å². The predicted octanol–water partition coefficient (Wildman–Crippen LogP) is -1.97. The summed E-state index contributed by atoms with van der Waals surface area (Å²) in [7, 11) is 0. The third-order valence-corrected chi connectivity index (χ3v) is 2.05. The van der Waals surface area contributed by atoms with Gasteiger partial charge in [0.2, 0.25) is 5.79 Å². The molecule has 0 saturated carbocycles. The van der Waals surface area contributed by atoms with Crippen molar-refractivity contribution in [1.82, 2.24) is 9.55 Å². The van der Waals surface area contributed by atoms with Crippen LogP contribution in [0.1, 0.15) is 6.92 Å². The van der Waals surface area contributed by atoms with Crippen LogP contribution < -0.4 is 11.4 Å². The SMILES string of the molecule is CC(O)C(O)(O)Cn1cc(F)c(N)nc1=O. The highest BCUT2D eigenvalue weighted by atomic mass is 19.1. The minimum atomic E-state index is -2.55. The van der Waals surface area contributed by atoms with Gasteiger partial charge < -0.3 is 21.1 Å². The van der Waals surface area contributed by atoms with Crippen LogP contribution in [0.4, 0.5) is 10.2 Å². The fourth-order valence-electron chi connectivity index (χ4n) is 0.975. The lowest BCUT2D eigenvalue weighted by atomic mass is 10.1. The first-order valence-electron chi connectivity index (χ1n) is 4.39. The quantitative estimate of drug-likeness (QED) is 0.449. The number of hydrogen-bond donors (Lipinski definition) is 4. The third-order valence-electron chi connectivity index (χ3n) is 2.05. The molecule has 0 aromatic carbocycles. The Labute approximate surface area is 89.6 Å². The average Bonchev–Trinajstić information content (AvgIpc) is 2.13. The summed E-state index contributed by atoms with van der Waals surface area (Å²) in [6.07, 6.45) is -0.825. The van der Waals surface area contributed by atoms with E-state index in [2.05, 4.69) is 4.98 Å². The Balaban J connectivity index is 3.08. The summed E-state index contributed by atoms with van der Waals surface area (Å²) in [5.74, 6) is -4.07.